The molecular formula is C18H24BrN3O3S. The van der Waals surface area contributed by atoms with Gasteiger partial charge in [-0.05, 0) is 46.5 Å². The Labute approximate surface area is 166 Å². The fourth-order valence-corrected chi connectivity index (χ4v) is 3.77. The maximum atomic E-state index is 12.9. The molecule has 1 aliphatic rings. The van der Waals surface area contributed by atoms with Crippen molar-refractivity contribution >= 4 is 45.4 Å². The van der Waals surface area contributed by atoms with Gasteiger partial charge in [0.15, 0.2) is 0 Å². The molecule has 1 N–H and O–H groups in total. The first-order valence-corrected chi connectivity index (χ1v) is 10.7. The molecule has 1 saturated heterocycles. The zero-order chi connectivity index (χ0) is 19.1. The fraction of sp³-hybridized carbons (Fsp3) is 0.500. The Bertz CT molecular complexity index is 663. The standard InChI is InChI=1S/C18H24BrN3O3S/c1-13(23)21-8-10-22(11-9-21)18(25)16(7-12-26-2)20-17(24)14-5-3-4-6-15(14)19/h3-6,16H,7-12H2,1-2H3,(H,20,24)/t16-/m0/s1. The smallest absolute Gasteiger partial charge is 0.253 e. The van der Waals surface area contributed by atoms with E-state index < -0.39 is 6.04 Å². The van der Waals surface area contributed by atoms with Gasteiger partial charge in [-0.15, -0.1) is 0 Å². The molecule has 0 unspecified atom stereocenters. The molecule has 26 heavy (non-hydrogen) atoms. The molecule has 2 rings (SSSR count). The van der Waals surface area contributed by atoms with Crippen LogP contribution in [-0.4, -0.2) is 71.8 Å². The summed E-state index contributed by atoms with van der Waals surface area (Å²) in [5.41, 5.74) is 0.510. The third-order valence-corrected chi connectivity index (χ3v) is 5.70. The molecule has 0 aromatic heterocycles. The van der Waals surface area contributed by atoms with Crippen molar-refractivity contribution in [2.45, 2.75) is 19.4 Å². The first-order valence-electron chi connectivity index (χ1n) is 8.52. The second-order valence-corrected chi connectivity index (χ2v) is 7.96. The number of amides is 3. The van der Waals surface area contributed by atoms with Crippen LogP contribution in [0.4, 0.5) is 0 Å². The highest BCUT2D eigenvalue weighted by Gasteiger charge is 2.29. The second-order valence-electron chi connectivity index (χ2n) is 6.12. The highest BCUT2D eigenvalue weighted by Crippen LogP contribution is 2.16. The largest absolute Gasteiger partial charge is 0.340 e. The summed E-state index contributed by atoms with van der Waals surface area (Å²) in [6.07, 6.45) is 2.55. The number of carbonyl (C=O) groups is 3. The molecule has 0 aliphatic carbocycles. The predicted molar refractivity (Wildman–Crippen MR) is 107 cm³/mol. The maximum absolute atomic E-state index is 12.9. The first kappa shape index (κ1) is 20.8. The number of halogens is 1. The van der Waals surface area contributed by atoms with E-state index in [9.17, 15) is 14.4 Å². The van der Waals surface area contributed by atoms with Gasteiger partial charge in [0.2, 0.25) is 11.8 Å². The summed E-state index contributed by atoms with van der Waals surface area (Å²) in [6.45, 7) is 3.61. The summed E-state index contributed by atoms with van der Waals surface area (Å²) in [7, 11) is 0. The van der Waals surface area contributed by atoms with Crippen LogP contribution in [-0.2, 0) is 9.59 Å². The van der Waals surface area contributed by atoms with Crippen molar-refractivity contribution in [2.75, 3.05) is 38.2 Å². The Kier molecular flexibility index (Phi) is 7.96. The zero-order valence-corrected chi connectivity index (χ0v) is 17.4. The van der Waals surface area contributed by atoms with Crippen molar-refractivity contribution in [3.05, 3.63) is 34.3 Å². The van der Waals surface area contributed by atoms with E-state index in [1.807, 2.05) is 12.3 Å². The quantitative estimate of drug-likeness (QED) is 0.732. The van der Waals surface area contributed by atoms with E-state index in [0.717, 1.165) is 5.75 Å². The van der Waals surface area contributed by atoms with Crippen molar-refractivity contribution in [1.82, 2.24) is 15.1 Å². The third-order valence-electron chi connectivity index (χ3n) is 4.37. The molecule has 8 heteroatoms. The number of rotatable bonds is 6. The van der Waals surface area contributed by atoms with Crippen LogP contribution in [0, 0.1) is 0 Å². The topological polar surface area (TPSA) is 69.7 Å². The molecule has 1 atom stereocenters. The average molecular weight is 442 g/mol. The normalized spacial score (nSPS) is 15.5. The van der Waals surface area contributed by atoms with Crippen LogP contribution in [0.15, 0.2) is 28.7 Å². The van der Waals surface area contributed by atoms with Gasteiger partial charge in [0.1, 0.15) is 6.04 Å². The van der Waals surface area contributed by atoms with Crippen molar-refractivity contribution in [1.29, 1.82) is 0 Å². The fourth-order valence-electron chi connectivity index (χ4n) is 2.84. The van der Waals surface area contributed by atoms with Gasteiger partial charge in [0.25, 0.3) is 5.91 Å². The number of thioether (sulfide) groups is 1. The number of nitrogens with zero attached hydrogens (tertiary/aromatic N) is 2. The van der Waals surface area contributed by atoms with Crippen molar-refractivity contribution in [3.63, 3.8) is 0 Å². The molecule has 0 radical (unpaired) electrons. The van der Waals surface area contributed by atoms with E-state index in [2.05, 4.69) is 21.2 Å². The van der Waals surface area contributed by atoms with Crippen molar-refractivity contribution < 1.29 is 14.4 Å². The van der Waals surface area contributed by atoms with Crippen LogP contribution in [0.2, 0.25) is 0 Å². The Morgan fingerprint density at radius 3 is 2.35 bits per heavy atom. The number of piperazine rings is 1. The van der Waals surface area contributed by atoms with Crippen LogP contribution in [0.5, 0.6) is 0 Å². The summed E-state index contributed by atoms with van der Waals surface area (Å²) < 4.78 is 0.698. The van der Waals surface area contributed by atoms with Crippen LogP contribution < -0.4 is 5.32 Å². The molecule has 142 valence electrons. The van der Waals surface area contributed by atoms with Crippen LogP contribution in [0.25, 0.3) is 0 Å². The minimum atomic E-state index is -0.564. The summed E-state index contributed by atoms with van der Waals surface area (Å²) in [5, 5.41) is 2.89. The van der Waals surface area contributed by atoms with Gasteiger partial charge < -0.3 is 15.1 Å². The van der Waals surface area contributed by atoms with Gasteiger partial charge in [-0.1, -0.05) is 12.1 Å². The van der Waals surface area contributed by atoms with E-state index in [-0.39, 0.29) is 17.7 Å². The molecule has 1 fully saturated rings. The highest BCUT2D eigenvalue weighted by atomic mass is 79.9. The molecule has 3 amide bonds. The Balaban J connectivity index is 2.04. The van der Waals surface area contributed by atoms with E-state index in [4.69, 9.17) is 0 Å². The van der Waals surface area contributed by atoms with E-state index >= 15 is 0 Å². The summed E-state index contributed by atoms with van der Waals surface area (Å²) in [6, 6.07) is 6.59. The monoisotopic (exact) mass is 441 g/mol. The van der Waals surface area contributed by atoms with Gasteiger partial charge in [-0.3, -0.25) is 14.4 Å². The van der Waals surface area contributed by atoms with Crippen molar-refractivity contribution in [2.24, 2.45) is 0 Å². The lowest BCUT2D eigenvalue weighted by Gasteiger charge is -2.36. The molecule has 1 aromatic rings. The Morgan fingerprint density at radius 2 is 1.77 bits per heavy atom. The number of nitrogens with one attached hydrogen (secondary N) is 1. The van der Waals surface area contributed by atoms with Gasteiger partial charge in [0.05, 0.1) is 5.56 Å². The maximum Gasteiger partial charge on any atom is 0.253 e. The molecule has 6 nitrogen and oxygen atoms in total. The first-order chi connectivity index (χ1) is 12.4. The molecule has 0 spiro atoms. The van der Waals surface area contributed by atoms with Crippen LogP contribution in [0.3, 0.4) is 0 Å². The van der Waals surface area contributed by atoms with E-state index in [1.54, 1.807) is 39.8 Å². The van der Waals surface area contributed by atoms with E-state index in [1.165, 1.54) is 6.92 Å². The summed E-state index contributed by atoms with van der Waals surface area (Å²) in [5.74, 6) is 0.459. The van der Waals surface area contributed by atoms with Crippen LogP contribution >= 0.6 is 27.7 Å². The SMILES string of the molecule is CSCC[C@H](NC(=O)c1ccccc1Br)C(=O)N1CCN(C(C)=O)CC1. The lowest BCUT2D eigenvalue weighted by Crippen LogP contribution is -2.55. The minimum Gasteiger partial charge on any atom is -0.340 e. The van der Waals surface area contributed by atoms with E-state index in [0.29, 0.717) is 42.6 Å². The molecular weight excluding hydrogens is 418 g/mol. The zero-order valence-electron chi connectivity index (χ0n) is 15.0. The van der Waals surface area contributed by atoms with Crippen molar-refractivity contribution in [3.8, 4) is 0 Å². The van der Waals surface area contributed by atoms with Gasteiger partial charge >= 0.3 is 0 Å². The lowest BCUT2D eigenvalue weighted by molar-refractivity contribution is -0.139. The second kappa shape index (κ2) is 9.97. The molecule has 1 heterocycles. The number of benzene rings is 1. The lowest BCUT2D eigenvalue weighted by atomic mass is 10.1. The molecule has 1 aromatic carbocycles. The Hall–Kier alpha value is -1.54. The Morgan fingerprint density at radius 1 is 1.15 bits per heavy atom. The highest BCUT2D eigenvalue weighted by molar-refractivity contribution is 9.10. The van der Waals surface area contributed by atoms with Gasteiger partial charge in [-0.25, -0.2) is 0 Å². The number of carbonyl (C=O) groups excluding carboxylic acids is 3. The molecule has 0 saturated carbocycles. The van der Waals surface area contributed by atoms with Crippen LogP contribution in [0.1, 0.15) is 23.7 Å². The minimum absolute atomic E-state index is 0.0262. The molecule has 1 aliphatic heterocycles. The number of hydrogen-bond acceptors (Lipinski definition) is 4. The van der Waals surface area contributed by atoms with Gasteiger partial charge in [0, 0.05) is 37.6 Å². The average Bonchev–Trinajstić information content (AvgIpc) is 2.64. The predicted octanol–water partition coefficient (Wildman–Crippen LogP) is 1.99. The number of hydrogen-bond donors (Lipinski definition) is 1. The summed E-state index contributed by atoms with van der Waals surface area (Å²) >= 11 is 5.02. The van der Waals surface area contributed by atoms with Gasteiger partial charge in [-0.2, -0.15) is 11.8 Å². The molecule has 0 bridgehead atoms. The third kappa shape index (κ3) is 5.48. The summed E-state index contributed by atoms with van der Waals surface area (Å²) in [4.78, 5) is 40.4.